The topological polar surface area (TPSA) is 124 Å². The van der Waals surface area contributed by atoms with Gasteiger partial charge in [0.15, 0.2) is 0 Å². The maximum absolute atomic E-state index is 13.0. The summed E-state index contributed by atoms with van der Waals surface area (Å²) in [5, 5.41) is 33.3. The molecule has 3 N–H and O–H groups in total. The van der Waals surface area contributed by atoms with Gasteiger partial charge in [0.25, 0.3) is 0 Å². The summed E-state index contributed by atoms with van der Waals surface area (Å²) in [6, 6.07) is 11.2. The standard InChI is InChI=1S/C29H33NO7/c1-4-17(14-18-10-12-23(32)20-8-6-5-7-19(18)20)9-11-24(33)25-16(2)13-21-26(22(25)15-31)28(35)30(27(21)34)29(36)37-3/h5-8,10,12,14,21-22,24,26,31-33H,4,9,11,13,15H2,1-3H3/b17-14+/t21-,22+,24-,26-/m1/s1. The summed E-state index contributed by atoms with van der Waals surface area (Å²) in [7, 11) is 1.10. The number of imide groups is 3. The first kappa shape index (κ1) is 26.6. The van der Waals surface area contributed by atoms with Gasteiger partial charge in [0.1, 0.15) is 5.75 Å². The van der Waals surface area contributed by atoms with E-state index in [-0.39, 0.29) is 12.2 Å². The van der Waals surface area contributed by atoms with Gasteiger partial charge in [0.2, 0.25) is 11.8 Å². The van der Waals surface area contributed by atoms with Crippen molar-refractivity contribution in [2.24, 2.45) is 17.8 Å². The molecule has 0 bridgehead atoms. The van der Waals surface area contributed by atoms with E-state index in [0.717, 1.165) is 41.0 Å². The first-order valence-corrected chi connectivity index (χ1v) is 12.6. The van der Waals surface area contributed by atoms with E-state index in [2.05, 4.69) is 10.8 Å². The summed E-state index contributed by atoms with van der Waals surface area (Å²) in [6.45, 7) is 3.42. The Balaban J connectivity index is 1.56. The van der Waals surface area contributed by atoms with Gasteiger partial charge in [-0.3, -0.25) is 9.59 Å². The molecule has 1 aliphatic carbocycles. The van der Waals surface area contributed by atoms with E-state index in [9.17, 15) is 29.7 Å². The predicted octanol–water partition coefficient (Wildman–Crippen LogP) is 4.18. The number of hydrogen-bond acceptors (Lipinski definition) is 7. The zero-order chi connectivity index (χ0) is 26.9. The lowest BCUT2D eigenvalue weighted by Crippen LogP contribution is -2.39. The predicted molar refractivity (Wildman–Crippen MR) is 138 cm³/mol. The number of likely N-dealkylation sites (tertiary alicyclic amines) is 1. The molecule has 4 atom stereocenters. The molecule has 1 saturated heterocycles. The summed E-state index contributed by atoms with van der Waals surface area (Å²) in [6.07, 6.45) is 2.08. The van der Waals surface area contributed by atoms with Crippen molar-refractivity contribution in [1.29, 1.82) is 0 Å². The molecule has 8 nitrogen and oxygen atoms in total. The molecule has 4 rings (SSSR count). The molecule has 37 heavy (non-hydrogen) atoms. The lowest BCUT2D eigenvalue weighted by Gasteiger charge is -2.35. The van der Waals surface area contributed by atoms with Crippen LogP contribution in [0.3, 0.4) is 0 Å². The molecule has 2 aromatic rings. The minimum Gasteiger partial charge on any atom is -0.507 e. The van der Waals surface area contributed by atoms with Crippen LogP contribution in [0.25, 0.3) is 16.8 Å². The van der Waals surface area contributed by atoms with Crippen LogP contribution in [0.5, 0.6) is 5.75 Å². The van der Waals surface area contributed by atoms with Gasteiger partial charge >= 0.3 is 6.09 Å². The number of benzene rings is 2. The van der Waals surface area contributed by atoms with Crippen LogP contribution in [0.2, 0.25) is 0 Å². The molecule has 1 heterocycles. The molecule has 2 aliphatic rings. The van der Waals surface area contributed by atoms with Crippen LogP contribution in [0.1, 0.15) is 45.1 Å². The smallest absolute Gasteiger partial charge is 0.423 e. The highest BCUT2D eigenvalue weighted by Gasteiger charge is 2.56. The van der Waals surface area contributed by atoms with Crippen molar-refractivity contribution in [2.45, 2.75) is 45.6 Å². The van der Waals surface area contributed by atoms with E-state index in [4.69, 9.17) is 0 Å². The van der Waals surface area contributed by atoms with E-state index in [1.807, 2.05) is 37.3 Å². The van der Waals surface area contributed by atoms with E-state index in [0.29, 0.717) is 23.3 Å². The van der Waals surface area contributed by atoms with E-state index in [1.165, 1.54) is 0 Å². The molecule has 196 valence electrons. The fraction of sp³-hybridized carbons (Fsp3) is 0.414. The first-order valence-electron chi connectivity index (χ1n) is 12.6. The molecule has 8 heteroatoms. The molecule has 0 radical (unpaired) electrons. The number of carbonyl (C=O) groups is 3. The molecule has 1 aliphatic heterocycles. The van der Waals surface area contributed by atoms with E-state index in [1.54, 1.807) is 13.0 Å². The van der Waals surface area contributed by atoms with Crippen molar-refractivity contribution >= 4 is 34.8 Å². The zero-order valence-corrected chi connectivity index (χ0v) is 21.3. The average molecular weight is 508 g/mol. The number of aromatic hydroxyl groups is 1. The number of hydrogen-bond donors (Lipinski definition) is 3. The number of methoxy groups -OCH3 is 1. The fourth-order valence-electron chi connectivity index (χ4n) is 5.87. The number of phenols is 1. The van der Waals surface area contributed by atoms with Crippen LogP contribution < -0.4 is 0 Å². The van der Waals surface area contributed by atoms with Crippen molar-refractivity contribution in [2.75, 3.05) is 13.7 Å². The highest BCUT2D eigenvalue weighted by molar-refractivity contribution is 6.16. The molecule has 1 fully saturated rings. The Morgan fingerprint density at radius 1 is 1.16 bits per heavy atom. The Morgan fingerprint density at radius 3 is 2.51 bits per heavy atom. The molecule has 2 aromatic carbocycles. The summed E-state index contributed by atoms with van der Waals surface area (Å²) in [4.78, 5) is 38.4. The van der Waals surface area contributed by atoms with Gasteiger partial charge in [-0.05, 0) is 55.2 Å². The highest BCUT2D eigenvalue weighted by Crippen LogP contribution is 2.46. The number of aliphatic hydroxyl groups is 2. The first-order chi connectivity index (χ1) is 17.7. The van der Waals surface area contributed by atoms with Gasteiger partial charge in [-0.2, -0.15) is 4.90 Å². The Kier molecular flexibility index (Phi) is 7.80. The largest absolute Gasteiger partial charge is 0.507 e. The van der Waals surface area contributed by atoms with Crippen molar-refractivity contribution in [3.05, 3.63) is 58.7 Å². The minimum atomic E-state index is -1.03. The maximum Gasteiger partial charge on any atom is 0.423 e. The third-order valence-corrected chi connectivity index (χ3v) is 7.73. The van der Waals surface area contributed by atoms with E-state index >= 15 is 0 Å². The monoisotopic (exact) mass is 507 g/mol. The third kappa shape index (κ3) is 4.79. The molecule has 0 aromatic heterocycles. The Hall–Kier alpha value is -3.49. The number of ether oxygens (including phenoxy) is 1. The Bertz CT molecular complexity index is 1290. The van der Waals surface area contributed by atoms with Crippen molar-refractivity contribution in [3.63, 3.8) is 0 Å². The summed E-state index contributed by atoms with van der Waals surface area (Å²) in [5.41, 5.74) is 3.41. The maximum atomic E-state index is 13.0. The van der Waals surface area contributed by atoms with E-state index < -0.39 is 48.4 Å². The number of rotatable bonds is 7. The van der Waals surface area contributed by atoms with Crippen LogP contribution >= 0.6 is 0 Å². The van der Waals surface area contributed by atoms with Crippen LogP contribution in [0.4, 0.5) is 4.79 Å². The quantitative estimate of drug-likeness (QED) is 0.379. The number of phenolic OH excluding ortho intramolecular Hbond substituents is 1. The summed E-state index contributed by atoms with van der Waals surface area (Å²) < 4.78 is 4.61. The number of amides is 3. The molecule has 0 unspecified atom stereocenters. The number of fused-ring (bicyclic) bond motifs is 2. The second-order valence-corrected chi connectivity index (χ2v) is 9.77. The SMILES string of the molecule is CC/C(=C\c1ccc(O)c2ccccc12)CC[C@@H](O)C1=C(C)C[C@H]2C(=O)N(C(=O)OC)C(=O)[C@H]2[C@H]1CO. The summed E-state index contributed by atoms with van der Waals surface area (Å²) >= 11 is 0. The lowest BCUT2D eigenvalue weighted by molar-refractivity contribution is -0.137. The second kappa shape index (κ2) is 10.9. The van der Waals surface area contributed by atoms with Crippen LogP contribution in [-0.2, 0) is 14.3 Å². The zero-order valence-electron chi connectivity index (χ0n) is 21.3. The van der Waals surface area contributed by atoms with Gasteiger partial charge in [-0.25, -0.2) is 4.79 Å². The fourth-order valence-corrected chi connectivity index (χ4v) is 5.87. The number of carbonyl (C=O) groups excluding carboxylic acids is 3. The molecule has 3 amide bonds. The number of nitrogens with zero attached hydrogens (tertiary/aromatic N) is 1. The summed E-state index contributed by atoms with van der Waals surface area (Å²) in [5.74, 6) is -3.50. The van der Waals surface area contributed by atoms with Gasteiger partial charge in [0, 0.05) is 11.3 Å². The Labute approximate surface area is 215 Å². The van der Waals surface area contributed by atoms with Crippen LogP contribution in [-0.4, -0.2) is 57.9 Å². The van der Waals surface area contributed by atoms with Gasteiger partial charge < -0.3 is 20.1 Å². The van der Waals surface area contributed by atoms with Crippen molar-refractivity contribution < 1.29 is 34.4 Å². The molecular formula is C29H33NO7. The van der Waals surface area contributed by atoms with Crippen LogP contribution in [0, 0.1) is 17.8 Å². The average Bonchev–Trinajstić information content (AvgIpc) is 3.15. The second-order valence-electron chi connectivity index (χ2n) is 9.77. The molecule has 0 saturated carbocycles. The number of aliphatic hydroxyl groups excluding tert-OH is 2. The molecular weight excluding hydrogens is 474 g/mol. The van der Waals surface area contributed by atoms with Crippen molar-refractivity contribution in [3.8, 4) is 5.75 Å². The Morgan fingerprint density at radius 2 is 1.86 bits per heavy atom. The third-order valence-electron chi connectivity index (χ3n) is 7.73. The lowest BCUT2D eigenvalue weighted by atomic mass is 9.68. The normalized spacial score (nSPS) is 23.0. The highest BCUT2D eigenvalue weighted by atomic mass is 16.5. The van der Waals surface area contributed by atoms with Gasteiger partial charge in [-0.15, -0.1) is 0 Å². The molecule has 0 spiro atoms. The number of allylic oxidation sites excluding steroid dienone is 2. The van der Waals surface area contributed by atoms with Crippen LogP contribution in [0.15, 0.2) is 53.1 Å². The van der Waals surface area contributed by atoms with Crippen molar-refractivity contribution in [1.82, 2.24) is 4.90 Å². The van der Waals surface area contributed by atoms with Gasteiger partial charge in [-0.1, -0.05) is 54.5 Å². The van der Waals surface area contributed by atoms with Gasteiger partial charge in [0.05, 0.1) is 31.7 Å². The minimum absolute atomic E-state index is 0.222.